The number of aliphatic carboxylic acids is 1. The molecule has 1 aromatic rings. The minimum absolute atomic E-state index is 0.183. The molecule has 0 saturated carbocycles. The van der Waals surface area contributed by atoms with Gasteiger partial charge in [0.05, 0.1) is 18.8 Å². The van der Waals surface area contributed by atoms with Gasteiger partial charge in [0, 0.05) is 6.42 Å². The molecule has 2 unspecified atom stereocenters. The second kappa shape index (κ2) is 17.5. The number of unbranched alkanes of at least 4 members (excludes halogenated alkanes) is 7. The molecule has 0 amide bonds. The van der Waals surface area contributed by atoms with Crippen LogP contribution in [0.15, 0.2) is 30.3 Å². The van der Waals surface area contributed by atoms with Gasteiger partial charge in [-0.05, 0) is 44.1 Å². The van der Waals surface area contributed by atoms with Crippen molar-refractivity contribution in [2.24, 2.45) is 0 Å². The summed E-state index contributed by atoms with van der Waals surface area (Å²) in [4.78, 5) is 10.4. The number of hydrogen-bond donors (Lipinski definition) is 2. The van der Waals surface area contributed by atoms with E-state index in [1.54, 1.807) is 0 Å². The van der Waals surface area contributed by atoms with Crippen molar-refractivity contribution in [1.82, 2.24) is 0 Å². The van der Waals surface area contributed by atoms with Crippen LogP contribution in [-0.4, -0.2) is 28.4 Å². The highest BCUT2D eigenvalue weighted by molar-refractivity contribution is 5.66. The quantitative estimate of drug-likeness (QED) is 0.257. The van der Waals surface area contributed by atoms with Crippen molar-refractivity contribution in [2.75, 3.05) is 0 Å². The molecule has 0 aliphatic heterocycles. The maximum atomic E-state index is 10.4. The Morgan fingerprint density at radius 3 is 2.07 bits per heavy atom. The second-order valence-corrected chi connectivity index (χ2v) is 8.17. The van der Waals surface area contributed by atoms with Crippen molar-refractivity contribution in [3.8, 4) is 0 Å². The Morgan fingerprint density at radius 2 is 1.45 bits per heavy atom. The van der Waals surface area contributed by atoms with Gasteiger partial charge in [0.1, 0.15) is 0 Å². The highest BCUT2D eigenvalue weighted by Crippen LogP contribution is 2.16. The average molecular weight is 407 g/mol. The van der Waals surface area contributed by atoms with E-state index >= 15 is 0 Å². The van der Waals surface area contributed by atoms with E-state index in [1.807, 2.05) is 18.2 Å². The molecular weight excluding hydrogens is 364 g/mol. The molecule has 0 spiro atoms. The van der Waals surface area contributed by atoms with Crippen LogP contribution < -0.4 is 0 Å². The summed E-state index contributed by atoms with van der Waals surface area (Å²) in [5.74, 6) is -0.687. The minimum atomic E-state index is -0.687. The molecule has 0 saturated heterocycles. The number of carboxylic acids is 1. The predicted molar refractivity (Wildman–Crippen MR) is 119 cm³/mol. The Bertz CT molecular complexity index is 503. The van der Waals surface area contributed by atoms with Crippen LogP contribution in [0.3, 0.4) is 0 Å². The van der Waals surface area contributed by atoms with Crippen molar-refractivity contribution in [1.29, 1.82) is 0 Å². The molecule has 2 atom stereocenters. The van der Waals surface area contributed by atoms with Gasteiger partial charge < -0.3 is 14.9 Å². The average Bonchev–Trinajstić information content (AvgIpc) is 2.72. The molecule has 0 fully saturated rings. The third kappa shape index (κ3) is 15.2. The number of carbonyl (C=O) groups is 1. The molecule has 1 rings (SSSR count). The van der Waals surface area contributed by atoms with Crippen LogP contribution in [0.5, 0.6) is 0 Å². The topological polar surface area (TPSA) is 66.8 Å². The fourth-order valence-corrected chi connectivity index (χ4v) is 3.64. The number of aliphatic hydroxyl groups is 1. The summed E-state index contributed by atoms with van der Waals surface area (Å²) >= 11 is 0. The van der Waals surface area contributed by atoms with Crippen LogP contribution >= 0.6 is 0 Å². The molecule has 2 N–H and O–H groups in total. The lowest BCUT2D eigenvalue weighted by atomic mass is 10.0. The summed E-state index contributed by atoms with van der Waals surface area (Å²) in [6.07, 6.45) is 14.1. The zero-order valence-corrected chi connectivity index (χ0v) is 18.4. The molecule has 0 radical (unpaired) electrons. The summed E-state index contributed by atoms with van der Waals surface area (Å²) < 4.78 is 6.02. The minimum Gasteiger partial charge on any atom is -0.481 e. The number of ether oxygens (including phenoxy) is 1. The normalized spacial score (nSPS) is 13.3. The van der Waals surface area contributed by atoms with Gasteiger partial charge in [0.25, 0.3) is 0 Å². The molecule has 0 aromatic heterocycles. The Labute approximate surface area is 177 Å². The predicted octanol–water partition coefficient (Wildman–Crippen LogP) is 6.50. The number of benzene rings is 1. The first-order chi connectivity index (χ1) is 14.1. The lowest BCUT2D eigenvalue weighted by Crippen LogP contribution is -2.13. The second-order valence-electron chi connectivity index (χ2n) is 8.17. The molecular formula is C25H42O4. The first-order valence-electron chi connectivity index (χ1n) is 11.7. The number of hydrogen-bond acceptors (Lipinski definition) is 3. The Balaban J connectivity index is 1.93. The van der Waals surface area contributed by atoms with Gasteiger partial charge >= 0.3 is 5.97 Å². The SMILES string of the molecule is CCC(CCCC(O)CCCCCCCCCCC(=O)O)OCc1ccccc1. The highest BCUT2D eigenvalue weighted by Gasteiger charge is 2.09. The summed E-state index contributed by atoms with van der Waals surface area (Å²) in [5, 5.41) is 18.8. The van der Waals surface area contributed by atoms with Gasteiger partial charge in [-0.15, -0.1) is 0 Å². The molecule has 29 heavy (non-hydrogen) atoms. The third-order valence-electron chi connectivity index (χ3n) is 5.53. The van der Waals surface area contributed by atoms with E-state index in [2.05, 4.69) is 19.1 Å². The summed E-state index contributed by atoms with van der Waals surface area (Å²) in [5.41, 5.74) is 1.21. The lowest BCUT2D eigenvalue weighted by Gasteiger charge is -2.17. The number of aliphatic hydroxyl groups excluding tert-OH is 1. The molecule has 0 heterocycles. The van der Waals surface area contributed by atoms with Gasteiger partial charge in [0.2, 0.25) is 0 Å². The first-order valence-corrected chi connectivity index (χ1v) is 11.7. The van der Waals surface area contributed by atoms with Crippen molar-refractivity contribution >= 4 is 5.97 Å². The van der Waals surface area contributed by atoms with Crippen LogP contribution in [0, 0.1) is 0 Å². The molecule has 4 heteroatoms. The zero-order valence-electron chi connectivity index (χ0n) is 18.4. The van der Waals surface area contributed by atoms with E-state index < -0.39 is 5.97 Å². The summed E-state index contributed by atoms with van der Waals surface area (Å²) in [6.45, 7) is 2.83. The molecule has 0 aliphatic rings. The fourth-order valence-electron chi connectivity index (χ4n) is 3.64. The molecule has 0 bridgehead atoms. The van der Waals surface area contributed by atoms with Crippen molar-refractivity contribution in [2.45, 2.75) is 116 Å². The lowest BCUT2D eigenvalue weighted by molar-refractivity contribution is -0.137. The van der Waals surface area contributed by atoms with Crippen LogP contribution in [0.1, 0.15) is 102 Å². The van der Waals surface area contributed by atoms with Gasteiger partial charge in [-0.2, -0.15) is 0 Å². The smallest absolute Gasteiger partial charge is 0.303 e. The summed E-state index contributed by atoms with van der Waals surface area (Å²) in [7, 11) is 0. The van der Waals surface area contributed by atoms with Gasteiger partial charge in [-0.3, -0.25) is 4.79 Å². The van der Waals surface area contributed by atoms with Crippen LogP contribution in [0.4, 0.5) is 0 Å². The first kappa shape index (κ1) is 25.6. The third-order valence-corrected chi connectivity index (χ3v) is 5.53. The van der Waals surface area contributed by atoms with E-state index in [4.69, 9.17) is 9.84 Å². The van der Waals surface area contributed by atoms with E-state index in [9.17, 15) is 9.90 Å². The molecule has 0 aliphatic carbocycles. The van der Waals surface area contributed by atoms with Gasteiger partial charge in [-0.25, -0.2) is 0 Å². The van der Waals surface area contributed by atoms with Crippen LogP contribution in [-0.2, 0) is 16.1 Å². The van der Waals surface area contributed by atoms with Crippen LogP contribution in [0.2, 0.25) is 0 Å². The van der Waals surface area contributed by atoms with Crippen molar-refractivity contribution in [3.63, 3.8) is 0 Å². The number of rotatable bonds is 19. The maximum absolute atomic E-state index is 10.4. The molecule has 166 valence electrons. The Morgan fingerprint density at radius 1 is 0.862 bits per heavy atom. The van der Waals surface area contributed by atoms with E-state index in [1.165, 1.54) is 31.2 Å². The zero-order chi connectivity index (χ0) is 21.2. The summed E-state index contributed by atoms with van der Waals surface area (Å²) in [6, 6.07) is 10.3. The Kier molecular flexibility index (Phi) is 15.4. The van der Waals surface area contributed by atoms with E-state index in [-0.39, 0.29) is 12.2 Å². The van der Waals surface area contributed by atoms with E-state index in [0.29, 0.717) is 13.0 Å². The maximum Gasteiger partial charge on any atom is 0.303 e. The standard InChI is InChI=1S/C25H42O4/c1-2-24(29-21-22-15-10-9-11-16-22)19-14-18-23(26)17-12-7-5-3-4-6-8-13-20-25(27)28/h9-11,15-16,23-24,26H,2-8,12-14,17-21H2,1H3,(H,27,28). The van der Waals surface area contributed by atoms with Gasteiger partial charge in [0.15, 0.2) is 0 Å². The number of carboxylic acid groups (broad SMARTS) is 1. The van der Waals surface area contributed by atoms with Gasteiger partial charge in [-0.1, -0.05) is 82.2 Å². The van der Waals surface area contributed by atoms with Crippen LogP contribution in [0.25, 0.3) is 0 Å². The molecule has 1 aromatic carbocycles. The molecule has 4 nitrogen and oxygen atoms in total. The monoisotopic (exact) mass is 406 g/mol. The largest absolute Gasteiger partial charge is 0.481 e. The highest BCUT2D eigenvalue weighted by atomic mass is 16.5. The van der Waals surface area contributed by atoms with Crippen molar-refractivity contribution in [3.05, 3.63) is 35.9 Å². The van der Waals surface area contributed by atoms with Crippen molar-refractivity contribution < 1.29 is 19.7 Å². The van der Waals surface area contributed by atoms with E-state index in [0.717, 1.165) is 57.8 Å². The fraction of sp³-hybridized carbons (Fsp3) is 0.720. The Hall–Kier alpha value is -1.39.